The zero-order valence-electron chi connectivity index (χ0n) is 14.2. The Bertz CT molecular complexity index is 762. The summed E-state index contributed by atoms with van der Waals surface area (Å²) < 4.78 is 0. The van der Waals surface area contributed by atoms with Crippen LogP contribution < -0.4 is 0 Å². The number of piperidine rings is 1. The number of nitro benzene ring substituents is 1. The minimum Gasteiger partial charge on any atom is -0.336 e. The molecule has 0 N–H and O–H groups in total. The Morgan fingerprint density at radius 1 is 1.24 bits per heavy atom. The van der Waals surface area contributed by atoms with E-state index in [4.69, 9.17) is 0 Å². The Labute approximate surface area is 144 Å². The molecule has 9 heteroatoms. The minimum atomic E-state index is -0.465. The van der Waals surface area contributed by atoms with Gasteiger partial charge in [-0.25, -0.2) is 0 Å². The predicted octanol–water partition coefficient (Wildman–Crippen LogP) is 2.04. The van der Waals surface area contributed by atoms with Crippen LogP contribution in [0, 0.1) is 10.1 Å². The second-order valence-corrected chi connectivity index (χ2v) is 6.38. The quantitative estimate of drug-likeness (QED) is 0.620. The summed E-state index contributed by atoms with van der Waals surface area (Å²) in [5, 5.41) is 22.8. The number of carbonyl (C=O) groups excluding carboxylic acids is 1. The molecule has 1 aromatic heterocycles. The number of hydrogen-bond acceptors (Lipinski definition) is 6. The van der Waals surface area contributed by atoms with Gasteiger partial charge in [-0.3, -0.25) is 14.9 Å². The van der Waals surface area contributed by atoms with E-state index >= 15 is 0 Å². The maximum atomic E-state index is 12.6. The van der Waals surface area contributed by atoms with Gasteiger partial charge in [0.25, 0.3) is 5.69 Å². The van der Waals surface area contributed by atoms with Gasteiger partial charge in [-0.2, -0.15) is 4.80 Å². The maximum Gasteiger partial charge on any atom is 0.269 e. The van der Waals surface area contributed by atoms with E-state index in [1.54, 1.807) is 12.1 Å². The summed E-state index contributed by atoms with van der Waals surface area (Å²) in [6.45, 7) is 4.16. The molecule has 0 saturated carbocycles. The fraction of sp³-hybridized carbons (Fsp3) is 0.500. The van der Waals surface area contributed by atoms with Crippen molar-refractivity contribution in [3.8, 4) is 11.4 Å². The fourth-order valence-corrected chi connectivity index (χ4v) is 3.27. The Morgan fingerprint density at radius 3 is 2.48 bits per heavy atom. The van der Waals surface area contributed by atoms with Crippen molar-refractivity contribution in [2.75, 3.05) is 0 Å². The van der Waals surface area contributed by atoms with E-state index in [9.17, 15) is 14.9 Å². The number of aromatic nitrogens is 4. The molecular weight excluding hydrogens is 324 g/mol. The van der Waals surface area contributed by atoms with Crippen molar-refractivity contribution in [2.24, 2.45) is 0 Å². The van der Waals surface area contributed by atoms with Crippen molar-refractivity contribution in [3.63, 3.8) is 0 Å². The Hall–Kier alpha value is -2.84. The van der Waals surface area contributed by atoms with E-state index in [1.807, 2.05) is 4.90 Å². The second kappa shape index (κ2) is 6.96. The Kier molecular flexibility index (Phi) is 4.73. The first kappa shape index (κ1) is 17.0. The normalized spacial score (nSPS) is 20.5. The first-order valence-electron chi connectivity index (χ1n) is 8.29. The van der Waals surface area contributed by atoms with Gasteiger partial charge in [0.15, 0.2) is 0 Å². The molecule has 0 unspecified atom stereocenters. The molecule has 1 aliphatic heterocycles. The van der Waals surface area contributed by atoms with Crippen molar-refractivity contribution in [2.45, 2.75) is 51.7 Å². The molecule has 1 fully saturated rings. The monoisotopic (exact) mass is 344 g/mol. The van der Waals surface area contributed by atoms with Gasteiger partial charge < -0.3 is 4.90 Å². The van der Waals surface area contributed by atoms with Crippen LogP contribution in [0.15, 0.2) is 24.3 Å². The highest BCUT2D eigenvalue weighted by Crippen LogP contribution is 2.23. The molecule has 2 aromatic rings. The van der Waals surface area contributed by atoms with E-state index < -0.39 is 4.92 Å². The van der Waals surface area contributed by atoms with Crippen LogP contribution in [-0.2, 0) is 11.3 Å². The third kappa shape index (κ3) is 3.65. The van der Waals surface area contributed by atoms with Crippen LogP contribution >= 0.6 is 0 Å². The van der Waals surface area contributed by atoms with Gasteiger partial charge >= 0.3 is 0 Å². The fourth-order valence-electron chi connectivity index (χ4n) is 3.27. The average Bonchev–Trinajstić information content (AvgIpc) is 3.03. The number of rotatable bonds is 4. The van der Waals surface area contributed by atoms with Crippen LogP contribution in [-0.4, -0.2) is 48.0 Å². The van der Waals surface area contributed by atoms with Crippen LogP contribution in [0.25, 0.3) is 11.4 Å². The third-order valence-corrected chi connectivity index (χ3v) is 4.55. The summed E-state index contributed by atoms with van der Waals surface area (Å²) in [6, 6.07) is 6.34. The van der Waals surface area contributed by atoms with Crippen molar-refractivity contribution in [1.29, 1.82) is 0 Å². The number of likely N-dealkylation sites (tertiary alicyclic amines) is 1. The van der Waals surface area contributed by atoms with Crippen LogP contribution in [0.3, 0.4) is 0 Å². The lowest BCUT2D eigenvalue weighted by molar-refractivity contribution is -0.384. The molecule has 0 bridgehead atoms. The number of nitro groups is 1. The van der Waals surface area contributed by atoms with E-state index in [2.05, 4.69) is 29.3 Å². The first-order valence-corrected chi connectivity index (χ1v) is 8.29. The van der Waals surface area contributed by atoms with Crippen molar-refractivity contribution < 1.29 is 9.72 Å². The van der Waals surface area contributed by atoms with Crippen LogP contribution in [0.2, 0.25) is 0 Å². The van der Waals surface area contributed by atoms with Crippen LogP contribution in [0.1, 0.15) is 33.1 Å². The number of non-ortho nitro benzene ring substituents is 1. The Balaban J connectivity index is 1.71. The van der Waals surface area contributed by atoms with Crippen molar-refractivity contribution in [3.05, 3.63) is 34.4 Å². The number of nitrogens with zero attached hydrogens (tertiary/aromatic N) is 6. The van der Waals surface area contributed by atoms with E-state index in [-0.39, 0.29) is 30.2 Å². The molecule has 132 valence electrons. The van der Waals surface area contributed by atoms with Crippen LogP contribution in [0.5, 0.6) is 0 Å². The molecule has 0 aliphatic carbocycles. The molecule has 3 rings (SSSR count). The van der Waals surface area contributed by atoms with E-state index in [1.165, 1.54) is 16.9 Å². The molecule has 1 saturated heterocycles. The number of carbonyl (C=O) groups is 1. The molecule has 0 spiro atoms. The Morgan fingerprint density at radius 2 is 1.88 bits per heavy atom. The summed E-state index contributed by atoms with van der Waals surface area (Å²) in [4.78, 5) is 26.0. The summed E-state index contributed by atoms with van der Waals surface area (Å²) in [6.07, 6.45) is 3.15. The van der Waals surface area contributed by atoms with Gasteiger partial charge in [-0.15, -0.1) is 10.2 Å². The molecule has 25 heavy (non-hydrogen) atoms. The second-order valence-electron chi connectivity index (χ2n) is 6.38. The largest absolute Gasteiger partial charge is 0.336 e. The van der Waals surface area contributed by atoms with Gasteiger partial charge in [-0.1, -0.05) is 0 Å². The number of hydrogen-bond donors (Lipinski definition) is 0. The van der Waals surface area contributed by atoms with Gasteiger partial charge in [0.1, 0.15) is 6.54 Å². The molecule has 2 atom stereocenters. The molecule has 1 aliphatic rings. The summed E-state index contributed by atoms with van der Waals surface area (Å²) in [7, 11) is 0. The smallest absolute Gasteiger partial charge is 0.269 e. The maximum absolute atomic E-state index is 12.6. The average molecular weight is 344 g/mol. The zero-order valence-corrected chi connectivity index (χ0v) is 14.2. The molecule has 2 heterocycles. The lowest BCUT2D eigenvalue weighted by Crippen LogP contribution is -2.48. The minimum absolute atomic E-state index is 0.000562. The topological polar surface area (TPSA) is 107 Å². The van der Waals surface area contributed by atoms with Gasteiger partial charge in [0.2, 0.25) is 11.7 Å². The van der Waals surface area contributed by atoms with E-state index in [0.717, 1.165) is 19.3 Å². The number of tetrazole rings is 1. The highest BCUT2D eigenvalue weighted by atomic mass is 16.6. The van der Waals surface area contributed by atoms with Crippen LogP contribution in [0.4, 0.5) is 5.69 Å². The van der Waals surface area contributed by atoms with E-state index in [0.29, 0.717) is 11.4 Å². The SMILES string of the molecule is C[C@@H]1CCC[C@H](C)N1C(=O)Cn1nnc(-c2ccc([N+](=O)[O-])cc2)n1. The highest BCUT2D eigenvalue weighted by molar-refractivity contribution is 5.76. The lowest BCUT2D eigenvalue weighted by atomic mass is 9.97. The number of amides is 1. The summed E-state index contributed by atoms with van der Waals surface area (Å²) >= 11 is 0. The van der Waals surface area contributed by atoms with Gasteiger partial charge in [0.05, 0.1) is 4.92 Å². The summed E-state index contributed by atoms with van der Waals surface area (Å²) in [5.41, 5.74) is 0.614. The van der Waals surface area contributed by atoms with Gasteiger partial charge in [-0.05, 0) is 50.5 Å². The molecule has 9 nitrogen and oxygen atoms in total. The lowest BCUT2D eigenvalue weighted by Gasteiger charge is -2.38. The third-order valence-electron chi connectivity index (χ3n) is 4.55. The molecular formula is C16H20N6O3. The standard InChI is InChI=1S/C16H20N6O3/c1-11-4-3-5-12(2)21(11)15(23)10-20-18-16(17-19-20)13-6-8-14(9-7-13)22(24)25/h6-9,11-12H,3-5,10H2,1-2H3/t11-,12+. The highest BCUT2D eigenvalue weighted by Gasteiger charge is 2.29. The molecule has 1 aromatic carbocycles. The van der Waals surface area contributed by atoms with Crippen molar-refractivity contribution in [1.82, 2.24) is 25.1 Å². The molecule has 1 amide bonds. The summed E-state index contributed by atoms with van der Waals surface area (Å²) in [5.74, 6) is 0.315. The molecule has 0 radical (unpaired) electrons. The number of benzene rings is 1. The van der Waals surface area contributed by atoms with Gasteiger partial charge in [0, 0.05) is 29.8 Å². The van der Waals surface area contributed by atoms with Crippen molar-refractivity contribution >= 4 is 11.6 Å². The zero-order chi connectivity index (χ0) is 18.0. The first-order chi connectivity index (χ1) is 12.0. The predicted molar refractivity (Wildman–Crippen MR) is 89.5 cm³/mol.